The molecule has 0 aliphatic heterocycles. The Labute approximate surface area is 113 Å². The highest BCUT2D eigenvalue weighted by molar-refractivity contribution is 7.71. The number of hydrogen-bond donors (Lipinski definition) is 1. The highest BCUT2D eigenvalue weighted by Gasteiger charge is 2.05. The average molecular weight is 258 g/mol. The number of hydrogen-bond acceptors (Lipinski definition) is 2. The molecule has 0 aliphatic rings. The summed E-state index contributed by atoms with van der Waals surface area (Å²) in [6, 6.07) is 8.48. The van der Waals surface area contributed by atoms with E-state index in [4.69, 9.17) is 12.2 Å². The van der Waals surface area contributed by atoms with Crippen LogP contribution in [0.25, 0.3) is 11.4 Å². The van der Waals surface area contributed by atoms with E-state index in [-0.39, 0.29) is 0 Å². The van der Waals surface area contributed by atoms with Crippen molar-refractivity contribution in [2.45, 2.75) is 33.6 Å². The lowest BCUT2D eigenvalue weighted by molar-refractivity contribution is 0.866. The third-order valence-corrected chi connectivity index (χ3v) is 3.65. The van der Waals surface area contributed by atoms with E-state index >= 15 is 0 Å². The van der Waals surface area contributed by atoms with Gasteiger partial charge >= 0.3 is 0 Å². The van der Waals surface area contributed by atoms with Crippen molar-refractivity contribution in [2.24, 2.45) is 0 Å². The van der Waals surface area contributed by atoms with Crippen molar-refractivity contribution in [1.82, 2.24) is 9.97 Å². The molecule has 2 rings (SSSR count). The first-order valence-corrected chi connectivity index (χ1v) is 6.57. The zero-order valence-electron chi connectivity index (χ0n) is 11.2. The summed E-state index contributed by atoms with van der Waals surface area (Å²) in [5, 5.41) is 0. The monoisotopic (exact) mass is 258 g/mol. The second-order valence-electron chi connectivity index (χ2n) is 4.92. The van der Waals surface area contributed by atoms with Crippen LogP contribution >= 0.6 is 12.2 Å². The average Bonchev–Trinajstić information content (AvgIpc) is 2.35. The van der Waals surface area contributed by atoms with Crippen molar-refractivity contribution in [3.8, 4) is 11.4 Å². The molecule has 1 N–H and O–H groups in total. The van der Waals surface area contributed by atoms with Gasteiger partial charge in [-0.15, -0.1) is 0 Å². The summed E-state index contributed by atoms with van der Waals surface area (Å²) in [6.45, 7) is 8.40. The van der Waals surface area contributed by atoms with Gasteiger partial charge in [0, 0.05) is 16.8 Å². The topological polar surface area (TPSA) is 28.7 Å². The molecular formula is C15H18N2S. The molecule has 1 aromatic carbocycles. The van der Waals surface area contributed by atoms with Gasteiger partial charge in [-0.2, -0.15) is 0 Å². The number of rotatable bonds is 2. The summed E-state index contributed by atoms with van der Waals surface area (Å²) in [6.07, 6.45) is 0. The first kappa shape index (κ1) is 13.0. The minimum Gasteiger partial charge on any atom is -0.343 e. The highest BCUT2D eigenvalue weighted by atomic mass is 32.1. The van der Waals surface area contributed by atoms with Crippen LogP contribution in [0.2, 0.25) is 0 Å². The van der Waals surface area contributed by atoms with Crippen molar-refractivity contribution in [3.63, 3.8) is 0 Å². The molecule has 1 aromatic heterocycles. The molecule has 0 amide bonds. The molecule has 2 aromatic rings. The fourth-order valence-electron chi connectivity index (χ4n) is 1.81. The second kappa shape index (κ2) is 5.02. The minimum absolute atomic E-state index is 0.547. The molecule has 0 aliphatic carbocycles. The SMILES string of the molecule is Cc1[nH]c(-c2ccc(C(C)C)cc2)nc(=S)c1C. The molecule has 94 valence electrons. The molecular weight excluding hydrogens is 240 g/mol. The number of aromatic nitrogens is 2. The van der Waals surface area contributed by atoms with Crippen molar-refractivity contribution in [1.29, 1.82) is 0 Å². The molecule has 0 fully saturated rings. The number of nitrogens with zero attached hydrogens (tertiary/aromatic N) is 1. The van der Waals surface area contributed by atoms with Gasteiger partial charge in [-0.25, -0.2) is 4.98 Å². The third kappa shape index (κ3) is 2.51. The Morgan fingerprint density at radius 1 is 1.11 bits per heavy atom. The lowest BCUT2D eigenvalue weighted by Crippen LogP contribution is -1.96. The third-order valence-electron chi connectivity index (χ3n) is 3.25. The number of aromatic amines is 1. The Kier molecular flexibility index (Phi) is 3.62. The Balaban J connectivity index is 2.46. The molecule has 1 heterocycles. The van der Waals surface area contributed by atoms with E-state index in [9.17, 15) is 0 Å². The van der Waals surface area contributed by atoms with E-state index in [1.54, 1.807) is 0 Å². The van der Waals surface area contributed by atoms with Gasteiger partial charge in [0.25, 0.3) is 0 Å². The van der Waals surface area contributed by atoms with Gasteiger partial charge in [-0.3, -0.25) is 0 Å². The fraction of sp³-hybridized carbons (Fsp3) is 0.333. The van der Waals surface area contributed by atoms with Crippen molar-refractivity contribution in [2.75, 3.05) is 0 Å². The standard InChI is InChI=1S/C15H18N2S/c1-9(2)12-5-7-13(8-6-12)14-16-11(4)10(3)15(18)17-14/h5-9H,1-4H3,(H,16,17,18). The minimum atomic E-state index is 0.547. The van der Waals surface area contributed by atoms with Gasteiger partial charge in [0.05, 0.1) is 0 Å². The predicted molar refractivity (Wildman–Crippen MR) is 78.4 cm³/mol. The van der Waals surface area contributed by atoms with Gasteiger partial charge in [-0.1, -0.05) is 50.3 Å². The van der Waals surface area contributed by atoms with E-state index in [1.165, 1.54) is 5.56 Å². The van der Waals surface area contributed by atoms with Crippen LogP contribution in [0.15, 0.2) is 24.3 Å². The molecule has 0 saturated heterocycles. The van der Waals surface area contributed by atoms with E-state index < -0.39 is 0 Å². The zero-order valence-corrected chi connectivity index (χ0v) is 12.1. The molecule has 18 heavy (non-hydrogen) atoms. The Morgan fingerprint density at radius 3 is 2.22 bits per heavy atom. The maximum atomic E-state index is 5.26. The van der Waals surface area contributed by atoms with E-state index in [2.05, 4.69) is 48.1 Å². The summed E-state index contributed by atoms with van der Waals surface area (Å²) in [5.41, 5.74) is 4.54. The Bertz CT molecular complexity index is 609. The molecule has 2 nitrogen and oxygen atoms in total. The zero-order chi connectivity index (χ0) is 13.3. The fourth-order valence-corrected chi connectivity index (χ4v) is 2.05. The molecule has 0 spiro atoms. The maximum Gasteiger partial charge on any atom is 0.139 e. The molecule has 0 radical (unpaired) electrons. The first-order valence-electron chi connectivity index (χ1n) is 6.17. The molecule has 0 bridgehead atoms. The van der Waals surface area contributed by atoms with Crippen LogP contribution in [-0.4, -0.2) is 9.97 Å². The Hall–Kier alpha value is -1.48. The van der Waals surface area contributed by atoms with Gasteiger partial charge < -0.3 is 4.98 Å². The van der Waals surface area contributed by atoms with Gasteiger partial charge in [0.1, 0.15) is 10.5 Å². The van der Waals surface area contributed by atoms with E-state index in [1.807, 2.05) is 13.8 Å². The quantitative estimate of drug-likeness (QED) is 0.801. The van der Waals surface area contributed by atoms with Gasteiger partial charge in [0.15, 0.2) is 0 Å². The summed E-state index contributed by atoms with van der Waals surface area (Å²) >= 11 is 5.26. The number of nitrogens with one attached hydrogen (secondary N) is 1. The lowest BCUT2D eigenvalue weighted by atomic mass is 10.0. The van der Waals surface area contributed by atoms with Crippen LogP contribution in [-0.2, 0) is 0 Å². The summed E-state index contributed by atoms with van der Waals surface area (Å²) in [7, 11) is 0. The second-order valence-corrected chi connectivity index (χ2v) is 5.30. The van der Waals surface area contributed by atoms with Crippen LogP contribution < -0.4 is 0 Å². The van der Waals surface area contributed by atoms with E-state index in [0.717, 1.165) is 22.6 Å². The summed E-state index contributed by atoms with van der Waals surface area (Å²) < 4.78 is 0.675. The molecule has 0 atom stereocenters. The normalized spacial score (nSPS) is 10.9. The van der Waals surface area contributed by atoms with Gasteiger partial charge in [-0.05, 0) is 25.3 Å². The molecule has 0 unspecified atom stereocenters. The highest BCUT2D eigenvalue weighted by Crippen LogP contribution is 2.20. The lowest BCUT2D eigenvalue weighted by Gasteiger charge is -2.08. The first-order chi connectivity index (χ1) is 8.49. The van der Waals surface area contributed by atoms with Crippen molar-refractivity contribution < 1.29 is 0 Å². The number of aryl methyl sites for hydroxylation is 1. The molecule has 0 saturated carbocycles. The smallest absolute Gasteiger partial charge is 0.139 e. The van der Waals surface area contributed by atoms with Crippen LogP contribution in [0.1, 0.15) is 36.6 Å². The molecule has 3 heteroatoms. The van der Waals surface area contributed by atoms with Crippen LogP contribution in [0.5, 0.6) is 0 Å². The Morgan fingerprint density at radius 2 is 1.72 bits per heavy atom. The van der Waals surface area contributed by atoms with Gasteiger partial charge in [0.2, 0.25) is 0 Å². The predicted octanol–water partition coefficient (Wildman–Crippen LogP) is 4.55. The maximum absolute atomic E-state index is 5.26. The summed E-state index contributed by atoms with van der Waals surface area (Å²) in [4.78, 5) is 7.74. The van der Waals surface area contributed by atoms with Crippen molar-refractivity contribution in [3.05, 3.63) is 45.7 Å². The largest absolute Gasteiger partial charge is 0.343 e. The number of benzene rings is 1. The van der Waals surface area contributed by atoms with Crippen LogP contribution in [0.4, 0.5) is 0 Å². The van der Waals surface area contributed by atoms with E-state index in [0.29, 0.717) is 10.6 Å². The van der Waals surface area contributed by atoms with Crippen LogP contribution in [0, 0.1) is 18.5 Å². The van der Waals surface area contributed by atoms with Crippen LogP contribution in [0.3, 0.4) is 0 Å². The number of H-pyrrole nitrogens is 1. The van der Waals surface area contributed by atoms with Crippen molar-refractivity contribution >= 4 is 12.2 Å². The summed E-state index contributed by atoms with van der Waals surface area (Å²) in [5.74, 6) is 1.39.